The van der Waals surface area contributed by atoms with Gasteiger partial charge in [0.15, 0.2) is 6.10 Å². The van der Waals surface area contributed by atoms with E-state index in [4.69, 9.17) is 10.00 Å². The first-order valence-electron chi connectivity index (χ1n) is 8.49. The maximum absolute atomic E-state index is 12.2. The second-order valence-electron chi connectivity index (χ2n) is 5.95. The molecule has 2 amide bonds. The molecule has 1 aromatic heterocycles. The van der Waals surface area contributed by atoms with Crippen molar-refractivity contribution in [2.75, 3.05) is 22.5 Å². The maximum atomic E-state index is 12.2. The zero-order chi connectivity index (χ0) is 20.1. The summed E-state index contributed by atoms with van der Waals surface area (Å²) < 4.78 is 5.18. The number of nitrogens with zero attached hydrogens (tertiary/aromatic N) is 2. The van der Waals surface area contributed by atoms with Gasteiger partial charge in [-0.15, -0.1) is 23.1 Å². The zero-order valence-corrected chi connectivity index (χ0v) is 16.6. The number of nitriles is 1. The summed E-state index contributed by atoms with van der Waals surface area (Å²) in [6, 6.07) is 11.1. The molecule has 0 saturated carbocycles. The summed E-state index contributed by atoms with van der Waals surface area (Å²) in [6.45, 7) is 1.65. The summed E-state index contributed by atoms with van der Waals surface area (Å²) in [4.78, 5) is 39.1. The summed E-state index contributed by atoms with van der Waals surface area (Å²) in [5.74, 6) is -0.822. The van der Waals surface area contributed by atoms with Crippen molar-refractivity contribution in [3.8, 4) is 6.07 Å². The highest BCUT2D eigenvalue weighted by Gasteiger charge is 2.26. The minimum atomic E-state index is -1.01. The van der Waals surface area contributed by atoms with E-state index in [1.54, 1.807) is 16.3 Å². The van der Waals surface area contributed by atoms with Gasteiger partial charge in [0.2, 0.25) is 5.91 Å². The summed E-state index contributed by atoms with van der Waals surface area (Å²) in [7, 11) is 0. The average Bonchev–Trinajstić information content (AvgIpc) is 3.14. The third kappa shape index (κ3) is 4.52. The smallest absolute Gasteiger partial charge is 0.308 e. The molecular formula is C19H17N3O4S2. The van der Waals surface area contributed by atoms with E-state index in [0.29, 0.717) is 16.3 Å². The van der Waals surface area contributed by atoms with E-state index in [1.807, 2.05) is 30.3 Å². The third-order valence-electron chi connectivity index (χ3n) is 4.05. The number of hydrogen-bond acceptors (Lipinski definition) is 7. The predicted octanol–water partition coefficient (Wildman–Crippen LogP) is 3.02. The Morgan fingerprint density at radius 3 is 2.93 bits per heavy atom. The SMILES string of the molecule is C[C@@H](OC(=O)CCN1C(=O)CSc2ccccc21)C(=O)Nc1sccc1C#N. The Morgan fingerprint density at radius 1 is 1.36 bits per heavy atom. The highest BCUT2D eigenvalue weighted by atomic mass is 32.2. The molecule has 0 bridgehead atoms. The van der Waals surface area contributed by atoms with Gasteiger partial charge in [-0.3, -0.25) is 14.4 Å². The normalized spacial score (nSPS) is 14.0. The van der Waals surface area contributed by atoms with E-state index in [2.05, 4.69) is 5.32 Å². The van der Waals surface area contributed by atoms with Crippen molar-refractivity contribution < 1.29 is 19.1 Å². The van der Waals surface area contributed by atoms with Gasteiger partial charge in [0.25, 0.3) is 5.91 Å². The molecule has 0 spiro atoms. The molecule has 0 aliphatic carbocycles. The highest BCUT2D eigenvalue weighted by Crippen LogP contribution is 2.34. The van der Waals surface area contributed by atoms with Crippen LogP contribution in [-0.4, -0.2) is 36.2 Å². The second kappa shape index (κ2) is 8.91. The number of anilines is 2. The molecule has 0 saturated heterocycles. The van der Waals surface area contributed by atoms with Crippen LogP contribution in [0, 0.1) is 11.3 Å². The fourth-order valence-electron chi connectivity index (χ4n) is 2.62. The fraction of sp³-hybridized carbons (Fsp3) is 0.263. The maximum Gasteiger partial charge on any atom is 0.308 e. The number of fused-ring (bicyclic) bond motifs is 1. The minimum absolute atomic E-state index is 0.0230. The van der Waals surface area contributed by atoms with Gasteiger partial charge < -0.3 is 15.0 Å². The second-order valence-corrected chi connectivity index (χ2v) is 7.88. The van der Waals surface area contributed by atoms with E-state index in [-0.39, 0.29) is 18.9 Å². The number of hydrogen-bond donors (Lipinski definition) is 1. The Kier molecular flexibility index (Phi) is 6.34. The topological polar surface area (TPSA) is 99.5 Å². The number of para-hydroxylation sites is 1. The van der Waals surface area contributed by atoms with Crippen LogP contribution in [0.4, 0.5) is 10.7 Å². The minimum Gasteiger partial charge on any atom is -0.452 e. The highest BCUT2D eigenvalue weighted by molar-refractivity contribution is 8.00. The van der Waals surface area contributed by atoms with Crippen LogP contribution in [0.1, 0.15) is 18.9 Å². The lowest BCUT2D eigenvalue weighted by molar-refractivity contribution is -0.152. The molecule has 1 N–H and O–H groups in total. The number of amides is 2. The predicted molar refractivity (Wildman–Crippen MR) is 107 cm³/mol. The number of esters is 1. The fourth-order valence-corrected chi connectivity index (χ4v) is 4.30. The van der Waals surface area contributed by atoms with Crippen molar-refractivity contribution >= 4 is 51.6 Å². The summed E-state index contributed by atoms with van der Waals surface area (Å²) in [5, 5.41) is 13.7. The summed E-state index contributed by atoms with van der Waals surface area (Å²) in [5.41, 5.74) is 1.14. The van der Waals surface area contributed by atoms with Crippen molar-refractivity contribution in [2.45, 2.75) is 24.3 Å². The van der Waals surface area contributed by atoms with Crippen molar-refractivity contribution in [1.82, 2.24) is 0 Å². The lowest BCUT2D eigenvalue weighted by Gasteiger charge is -2.28. The quantitative estimate of drug-likeness (QED) is 0.728. The van der Waals surface area contributed by atoms with Crippen molar-refractivity contribution in [3.05, 3.63) is 41.3 Å². The Balaban J connectivity index is 1.54. The van der Waals surface area contributed by atoms with Crippen molar-refractivity contribution in [3.63, 3.8) is 0 Å². The van der Waals surface area contributed by atoms with Gasteiger partial charge >= 0.3 is 5.97 Å². The summed E-state index contributed by atoms with van der Waals surface area (Å²) in [6.07, 6.45) is -1.04. The van der Waals surface area contributed by atoms with Crippen LogP contribution in [0.5, 0.6) is 0 Å². The lowest BCUT2D eigenvalue weighted by Crippen LogP contribution is -2.38. The van der Waals surface area contributed by atoms with E-state index in [9.17, 15) is 14.4 Å². The first kappa shape index (κ1) is 19.9. The van der Waals surface area contributed by atoms with Crippen LogP contribution in [0.3, 0.4) is 0 Å². The molecule has 0 fully saturated rings. The number of benzene rings is 1. The largest absolute Gasteiger partial charge is 0.452 e. The van der Waals surface area contributed by atoms with E-state index >= 15 is 0 Å². The van der Waals surface area contributed by atoms with Gasteiger partial charge in [-0.1, -0.05) is 12.1 Å². The monoisotopic (exact) mass is 415 g/mol. The zero-order valence-electron chi connectivity index (χ0n) is 15.0. The van der Waals surface area contributed by atoms with Crippen molar-refractivity contribution in [2.24, 2.45) is 0 Å². The van der Waals surface area contributed by atoms with E-state index < -0.39 is 18.0 Å². The Labute approximate surface area is 170 Å². The number of thiophene rings is 1. The van der Waals surface area contributed by atoms with Crippen LogP contribution < -0.4 is 10.2 Å². The van der Waals surface area contributed by atoms with Crippen molar-refractivity contribution in [1.29, 1.82) is 5.26 Å². The van der Waals surface area contributed by atoms with Gasteiger partial charge in [0.1, 0.15) is 11.1 Å². The van der Waals surface area contributed by atoms with Gasteiger partial charge in [-0.05, 0) is 30.5 Å². The number of ether oxygens (including phenoxy) is 1. The number of thioether (sulfide) groups is 1. The Hall–Kier alpha value is -2.83. The molecule has 0 unspecified atom stereocenters. The first-order chi connectivity index (χ1) is 13.5. The third-order valence-corrected chi connectivity index (χ3v) is 5.93. The molecule has 2 heterocycles. The van der Waals surface area contributed by atoms with Crippen LogP contribution in [-0.2, 0) is 19.1 Å². The molecule has 1 aliphatic rings. The summed E-state index contributed by atoms with van der Waals surface area (Å²) >= 11 is 2.69. The Morgan fingerprint density at radius 2 is 2.14 bits per heavy atom. The molecule has 28 heavy (non-hydrogen) atoms. The molecule has 1 aliphatic heterocycles. The Bertz CT molecular complexity index is 951. The number of carbonyl (C=O) groups excluding carboxylic acids is 3. The molecule has 1 atom stereocenters. The molecule has 3 rings (SSSR count). The van der Waals surface area contributed by atoms with Crippen LogP contribution >= 0.6 is 23.1 Å². The first-order valence-corrected chi connectivity index (χ1v) is 10.4. The molecule has 7 nitrogen and oxygen atoms in total. The average molecular weight is 415 g/mol. The van der Waals surface area contributed by atoms with Gasteiger partial charge in [0.05, 0.1) is 23.4 Å². The van der Waals surface area contributed by atoms with Crippen LogP contribution in [0.25, 0.3) is 0 Å². The van der Waals surface area contributed by atoms with E-state index in [0.717, 1.165) is 10.6 Å². The number of carbonyl (C=O) groups is 3. The molecule has 0 radical (unpaired) electrons. The molecular weight excluding hydrogens is 398 g/mol. The number of rotatable bonds is 6. The lowest BCUT2D eigenvalue weighted by atomic mass is 10.2. The molecule has 1 aromatic carbocycles. The number of nitrogens with one attached hydrogen (secondary N) is 1. The standard InChI is InChI=1S/C19H17N3O4S2/c1-12(18(25)21-19-13(10-20)7-9-27-19)26-17(24)6-8-22-14-4-2-3-5-15(14)28-11-16(22)23/h2-5,7,9,12H,6,8,11H2,1H3,(H,21,25)/t12-/m1/s1. The molecule has 2 aromatic rings. The van der Waals surface area contributed by atoms with Crippen LogP contribution in [0.2, 0.25) is 0 Å². The van der Waals surface area contributed by atoms with Gasteiger partial charge in [-0.2, -0.15) is 5.26 Å². The van der Waals surface area contributed by atoms with Gasteiger partial charge in [-0.25, -0.2) is 0 Å². The van der Waals surface area contributed by atoms with E-state index in [1.165, 1.54) is 30.0 Å². The molecule has 144 valence electrons. The van der Waals surface area contributed by atoms with Crippen LogP contribution in [0.15, 0.2) is 40.6 Å². The van der Waals surface area contributed by atoms with Gasteiger partial charge in [0, 0.05) is 11.4 Å². The molecule has 9 heteroatoms.